The standard InChI is InChI=1S/C30H32F6N4O3/c31-29(32,33)28(42,30(34,35)36)25-7-5-24(6-8-25)23-3-1-21(2-4-23)19-40-15-14-39(18-22-9-12-38-13-10-22)20-26(40)17-27(41)43-16-11-37/h1-10,12-13,26,42H,11,14-20,37H2/t26-/m1/s1. The SMILES string of the molecule is NCCOC(=O)C[C@@H]1CN(Cc2ccncc2)CCN1Cc1ccc(-c2ccc(C(O)(C(F)(F)F)C(F)(F)F)cc2)cc1. The number of nitrogens with two attached hydrogens (primary N) is 1. The summed E-state index contributed by atoms with van der Waals surface area (Å²) in [4.78, 5) is 21.0. The van der Waals surface area contributed by atoms with Gasteiger partial charge in [0.2, 0.25) is 0 Å². The van der Waals surface area contributed by atoms with Crippen molar-refractivity contribution in [1.29, 1.82) is 0 Å². The first-order valence-corrected chi connectivity index (χ1v) is 13.6. The predicted molar refractivity (Wildman–Crippen MR) is 146 cm³/mol. The van der Waals surface area contributed by atoms with E-state index >= 15 is 0 Å². The van der Waals surface area contributed by atoms with Gasteiger partial charge in [0.05, 0.1) is 6.42 Å². The summed E-state index contributed by atoms with van der Waals surface area (Å²) >= 11 is 0. The molecule has 2 heterocycles. The molecule has 43 heavy (non-hydrogen) atoms. The van der Waals surface area contributed by atoms with E-state index in [9.17, 15) is 36.2 Å². The van der Waals surface area contributed by atoms with Gasteiger partial charge in [0, 0.05) is 63.3 Å². The number of benzene rings is 2. The van der Waals surface area contributed by atoms with E-state index in [1.165, 1.54) is 0 Å². The molecular weight excluding hydrogens is 578 g/mol. The van der Waals surface area contributed by atoms with Gasteiger partial charge in [-0.05, 0) is 34.4 Å². The van der Waals surface area contributed by atoms with E-state index in [0.717, 1.165) is 29.8 Å². The van der Waals surface area contributed by atoms with Gasteiger partial charge in [-0.25, -0.2) is 0 Å². The van der Waals surface area contributed by atoms with Crippen molar-refractivity contribution in [2.45, 2.75) is 43.5 Å². The third-order valence-corrected chi connectivity index (χ3v) is 7.42. The molecular formula is C30H32F6N4O3. The molecule has 2 aromatic carbocycles. The number of piperazine rings is 1. The van der Waals surface area contributed by atoms with Gasteiger partial charge in [0.1, 0.15) is 6.61 Å². The molecule has 13 heteroatoms. The van der Waals surface area contributed by atoms with Crippen molar-refractivity contribution < 1.29 is 41.0 Å². The molecule has 1 aliphatic heterocycles. The van der Waals surface area contributed by atoms with Crippen LogP contribution in [0.25, 0.3) is 11.1 Å². The van der Waals surface area contributed by atoms with Crippen LogP contribution < -0.4 is 5.73 Å². The zero-order valence-electron chi connectivity index (χ0n) is 23.1. The Kier molecular flexibility index (Phi) is 10.1. The van der Waals surface area contributed by atoms with E-state index in [2.05, 4.69) is 14.8 Å². The van der Waals surface area contributed by atoms with Gasteiger partial charge in [-0.3, -0.25) is 19.6 Å². The van der Waals surface area contributed by atoms with E-state index in [0.29, 0.717) is 49.4 Å². The Morgan fingerprint density at radius 1 is 0.860 bits per heavy atom. The molecule has 0 unspecified atom stereocenters. The Bertz CT molecular complexity index is 1320. The summed E-state index contributed by atoms with van der Waals surface area (Å²) < 4.78 is 84.5. The number of halogens is 6. The lowest BCUT2D eigenvalue weighted by molar-refractivity contribution is -0.376. The Labute approximate surface area is 244 Å². The second-order valence-corrected chi connectivity index (χ2v) is 10.4. The number of esters is 1. The lowest BCUT2D eigenvalue weighted by Crippen LogP contribution is -2.53. The largest absolute Gasteiger partial charge is 0.464 e. The highest BCUT2D eigenvalue weighted by molar-refractivity contribution is 5.70. The summed E-state index contributed by atoms with van der Waals surface area (Å²) in [7, 11) is 0. The second-order valence-electron chi connectivity index (χ2n) is 10.4. The summed E-state index contributed by atoms with van der Waals surface area (Å²) in [5.74, 6) is -0.340. The number of hydrogen-bond acceptors (Lipinski definition) is 7. The summed E-state index contributed by atoms with van der Waals surface area (Å²) in [5, 5.41) is 9.62. The monoisotopic (exact) mass is 610 g/mol. The number of ether oxygens (including phenoxy) is 1. The van der Waals surface area contributed by atoms with Gasteiger partial charge < -0.3 is 15.6 Å². The summed E-state index contributed by atoms with van der Waals surface area (Å²) in [6, 6.07) is 14.3. The molecule has 0 saturated carbocycles. The van der Waals surface area contributed by atoms with Crippen molar-refractivity contribution in [2.24, 2.45) is 5.73 Å². The molecule has 1 atom stereocenters. The maximum atomic E-state index is 13.2. The van der Waals surface area contributed by atoms with Crippen LogP contribution >= 0.6 is 0 Å². The van der Waals surface area contributed by atoms with E-state index < -0.39 is 23.5 Å². The average molecular weight is 611 g/mol. The fraction of sp³-hybridized carbons (Fsp3) is 0.400. The van der Waals surface area contributed by atoms with Gasteiger partial charge in [0.15, 0.2) is 0 Å². The van der Waals surface area contributed by atoms with Crippen molar-refractivity contribution in [1.82, 2.24) is 14.8 Å². The number of hydrogen-bond donors (Lipinski definition) is 2. The third-order valence-electron chi connectivity index (χ3n) is 7.42. The number of carbonyl (C=O) groups is 1. The molecule has 4 rings (SSSR count). The molecule has 0 aliphatic carbocycles. The fourth-order valence-electron chi connectivity index (χ4n) is 5.10. The van der Waals surface area contributed by atoms with Crippen LogP contribution in [0.3, 0.4) is 0 Å². The first-order valence-electron chi connectivity index (χ1n) is 13.6. The number of pyridine rings is 1. The second kappa shape index (κ2) is 13.4. The van der Waals surface area contributed by atoms with Crippen molar-refractivity contribution in [3.63, 3.8) is 0 Å². The molecule has 1 fully saturated rings. The molecule has 7 nitrogen and oxygen atoms in total. The number of aliphatic hydroxyl groups is 1. The highest BCUT2D eigenvalue weighted by atomic mass is 19.4. The van der Waals surface area contributed by atoms with E-state index in [4.69, 9.17) is 10.5 Å². The predicted octanol–water partition coefficient (Wildman–Crippen LogP) is 4.64. The Balaban J connectivity index is 1.46. The minimum absolute atomic E-state index is 0.130. The van der Waals surface area contributed by atoms with E-state index in [1.54, 1.807) is 24.5 Å². The van der Waals surface area contributed by atoms with Crippen molar-refractivity contribution in [2.75, 3.05) is 32.8 Å². The van der Waals surface area contributed by atoms with Crippen LogP contribution in [-0.2, 0) is 28.2 Å². The van der Waals surface area contributed by atoms with Crippen LogP contribution in [0.2, 0.25) is 0 Å². The first kappa shape index (κ1) is 32.4. The molecule has 0 bridgehead atoms. The maximum absolute atomic E-state index is 13.2. The number of carbonyl (C=O) groups excluding carboxylic acids is 1. The number of alkyl halides is 6. The van der Waals surface area contributed by atoms with Crippen LogP contribution in [0.4, 0.5) is 26.3 Å². The van der Waals surface area contributed by atoms with Crippen molar-refractivity contribution in [3.05, 3.63) is 89.7 Å². The summed E-state index contributed by atoms with van der Waals surface area (Å²) in [6.45, 7) is 3.68. The highest BCUT2D eigenvalue weighted by Crippen LogP contribution is 2.50. The Hall–Kier alpha value is -3.52. The smallest absolute Gasteiger partial charge is 0.430 e. The Morgan fingerprint density at radius 2 is 1.42 bits per heavy atom. The van der Waals surface area contributed by atoms with Gasteiger partial charge >= 0.3 is 18.3 Å². The fourth-order valence-corrected chi connectivity index (χ4v) is 5.10. The van der Waals surface area contributed by atoms with Gasteiger partial charge in [0.25, 0.3) is 5.60 Å². The lowest BCUT2D eigenvalue weighted by Gasteiger charge is -2.41. The van der Waals surface area contributed by atoms with Gasteiger partial charge in [-0.1, -0.05) is 48.5 Å². The topological polar surface area (TPSA) is 91.9 Å². The quantitative estimate of drug-likeness (QED) is 0.255. The molecule has 232 valence electrons. The molecule has 0 spiro atoms. The number of rotatable bonds is 10. The van der Waals surface area contributed by atoms with Crippen LogP contribution in [0.5, 0.6) is 0 Å². The van der Waals surface area contributed by atoms with E-state index in [-0.39, 0.29) is 31.6 Å². The summed E-state index contributed by atoms with van der Waals surface area (Å²) in [6.07, 6.45) is -8.25. The lowest BCUT2D eigenvalue weighted by atomic mass is 9.90. The van der Waals surface area contributed by atoms with Gasteiger partial charge in [-0.15, -0.1) is 0 Å². The summed E-state index contributed by atoms with van der Waals surface area (Å²) in [5.41, 5.74) is 2.14. The maximum Gasteiger partial charge on any atom is 0.430 e. The minimum atomic E-state index is -5.95. The van der Waals surface area contributed by atoms with E-state index in [1.807, 2.05) is 24.3 Å². The molecule has 0 amide bonds. The minimum Gasteiger partial charge on any atom is -0.464 e. The number of nitrogens with zero attached hydrogens (tertiary/aromatic N) is 3. The highest BCUT2D eigenvalue weighted by Gasteiger charge is 2.71. The zero-order chi connectivity index (χ0) is 31.3. The molecule has 1 aromatic heterocycles. The van der Waals surface area contributed by atoms with Crippen LogP contribution in [0, 0.1) is 0 Å². The Morgan fingerprint density at radius 3 is 1.98 bits per heavy atom. The van der Waals surface area contributed by atoms with Gasteiger partial charge in [-0.2, -0.15) is 26.3 Å². The first-order chi connectivity index (χ1) is 20.3. The number of aromatic nitrogens is 1. The van der Waals surface area contributed by atoms with Crippen molar-refractivity contribution in [3.8, 4) is 11.1 Å². The normalized spacial score (nSPS) is 17.2. The molecule has 3 aromatic rings. The molecule has 0 radical (unpaired) electrons. The molecule has 3 N–H and O–H groups in total. The third kappa shape index (κ3) is 7.71. The molecule has 1 saturated heterocycles. The van der Waals surface area contributed by atoms with Crippen molar-refractivity contribution >= 4 is 5.97 Å². The van der Waals surface area contributed by atoms with Crippen LogP contribution in [0.15, 0.2) is 73.1 Å². The van der Waals surface area contributed by atoms with Crippen LogP contribution in [-0.4, -0.2) is 77.0 Å². The average Bonchev–Trinajstić information content (AvgIpc) is 2.97. The molecule has 1 aliphatic rings. The van der Waals surface area contributed by atoms with Crippen LogP contribution in [0.1, 0.15) is 23.1 Å². The zero-order valence-corrected chi connectivity index (χ0v) is 23.1.